The van der Waals surface area contributed by atoms with Crippen molar-refractivity contribution in [2.75, 3.05) is 21.3 Å². The zero-order valence-electron chi connectivity index (χ0n) is 21.3. The first-order valence-electron chi connectivity index (χ1n) is 11.3. The van der Waals surface area contributed by atoms with Crippen molar-refractivity contribution in [3.63, 3.8) is 0 Å². The van der Waals surface area contributed by atoms with Crippen molar-refractivity contribution in [2.45, 2.75) is 52.7 Å². The molecule has 9 nitrogen and oxygen atoms in total. The van der Waals surface area contributed by atoms with Crippen LogP contribution in [0.1, 0.15) is 30.7 Å². The summed E-state index contributed by atoms with van der Waals surface area (Å²) in [6.45, 7) is 6.16. The van der Waals surface area contributed by atoms with E-state index in [1.54, 1.807) is 0 Å². The first-order chi connectivity index (χ1) is 16.8. The number of aryl methyl sites for hydroxylation is 4. The zero-order valence-corrected chi connectivity index (χ0v) is 21.3. The fourth-order valence-corrected chi connectivity index (χ4v) is 3.04. The van der Waals surface area contributed by atoms with Crippen LogP contribution in [0.15, 0.2) is 61.2 Å². The second kappa shape index (κ2) is 16.8. The van der Waals surface area contributed by atoms with E-state index in [4.69, 9.17) is 0 Å². The van der Waals surface area contributed by atoms with E-state index >= 15 is 0 Å². The maximum absolute atomic E-state index is 10.9. The molecule has 0 N–H and O–H groups in total. The van der Waals surface area contributed by atoms with Gasteiger partial charge in [-0.1, -0.05) is 0 Å². The van der Waals surface area contributed by atoms with Gasteiger partial charge >= 0.3 is 17.9 Å². The van der Waals surface area contributed by atoms with Crippen molar-refractivity contribution in [1.82, 2.24) is 13.7 Å². The maximum Gasteiger partial charge on any atom is 0.307 e. The van der Waals surface area contributed by atoms with Gasteiger partial charge in [0.2, 0.25) is 0 Å². The van der Waals surface area contributed by atoms with Gasteiger partial charge in [-0.15, -0.1) is 0 Å². The molecule has 3 aromatic heterocycles. The van der Waals surface area contributed by atoms with Crippen LogP contribution in [0.2, 0.25) is 0 Å². The van der Waals surface area contributed by atoms with E-state index in [0.717, 1.165) is 0 Å². The number of rotatable bonds is 9. The van der Waals surface area contributed by atoms with Gasteiger partial charge in [0.25, 0.3) is 0 Å². The van der Waals surface area contributed by atoms with Gasteiger partial charge in [0.15, 0.2) is 0 Å². The van der Waals surface area contributed by atoms with Crippen molar-refractivity contribution < 1.29 is 28.6 Å². The van der Waals surface area contributed by atoms with Gasteiger partial charge in [0.1, 0.15) is 0 Å². The minimum absolute atomic E-state index is 0.160. The van der Waals surface area contributed by atoms with Crippen molar-refractivity contribution in [3.8, 4) is 0 Å². The first-order valence-corrected chi connectivity index (χ1v) is 11.3. The third-order valence-corrected chi connectivity index (χ3v) is 5.12. The minimum Gasteiger partial charge on any atom is -0.469 e. The molecule has 35 heavy (non-hydrogen) atoms. The average molecular weight is 488 g/mol. The molecule has 0 aliphatic heterocycles. The summed E-state index contributed by atoms with van der Waals surface area (Å²) >= 11 is 0. The maximum atomic E-state index is 10.9. The normalized spacial score (nSPS) is 9.74. The number of esters is 3. The lowest BCUT2D eigenvalue weighted by Gasteiger charge is -2.07. The van der Waals surface area contributed by atoms with Crippen LogP contribution in [0.3, 0.4) is 0 Å². The van der Waals surface area contributed by atoms with Gasteiger partial charge in [0.05, 0.1) is 40.6 Å². The Morgan fingerprint density at radius 2 is 0.914 bits per heavy atom. The van der Waals surface area contributed by atoms with Gasteiger partial charge in [-0.3, -0.25) is 14.4 Å². The van der Waals surface area contributed by atoms with Crippen LogP contribution in [0, 0.1) is 13.8 Å². The van der Waals surface area contributed by atoms with Crippen molar-refractivity contribution >= 4 is 17.9 Å². The summed E-state index contributed by atoms with van der Waals surface area (Å²) in [7, 11) is 4.22. The molecule has 0 fully saturated rings. The summed E-state index contributed by atoms with van der Waals surface area (Å²) < 4.78 is 19.6. The Kier molecular flexibility index (Phi) is 14.1. The van der Waals surface area contributed by atoms with Crippen LogP contribution in [0.25, 0.3) is 0 Å². The molecule has 0 saturated carbocycles. The highest BCUT2D eigenvalue weighted by molar-refractivity contribution is 5.69. The SMILES string of the molecule is COC(=O)CCn1c(C)ccc1C.COC(=O)CCn1cccc1.COC(=O)CCn1cccc1. The van der Waals surface area contributed by atoms with Crippen molar-refractivity contribution in [2.24, 2.45) is 0 Å². The molecule has 0 aromatic carbocycles. The Balaban J connectivity index is 0.000000264. The van der Waals surface area contributed by atoms with Gasteiger partial charge in [-0.2, -0.15) is 0 Å². The van der Waals surface area contributed by atoms with Gasteiger partial charge in [0, 0.05) is 55.8 Å². The predicted octanol–water partition coefficient (Wildman–Crippen LogP) is 3.77. The fourth-order valence-electron chi connectivity index (χ4n) is 3.04. The molecule has 0 atom stereocenters. The van der Waals surface area contributed by atoms with Gasteiger partial charge in [-0.05, 0) is 50.2 Å². The van der Waals surface area contributed by atoms with Crippen LogP contribution in [-0.2, 0) is 48.2 Å². The Bertz CT molecular complexity index is 921. The molecule has 0 saturated heterocycles. The van der Waals surface area contributed by atoms with Crippen LogP contribution in [0.5, 0.6) is 0 Å². The highest BCUT2D eigenvalue weighted by atomic mass is 16.5. The topological polar surface area (TPSA) is 93.7 Å². The second-order valence-electron chi connectivity index (χ2n) is 7.59. The number of nitrogens with zero attached hydrogens (tertiary/aromatic N) is 3. The lowest BCUT2D eigenvalue weighted by Crippen LogP contribution is -2.08. The summed E-state index contributed by atoms with van der Waals surface area (Å²) in [6, 6.07) is 11.8. The van der Waals surface area contributed by atoms with E-state index in [-0.39, 0.29) is 17.9 Å². The average Bonchev–Trinajstić information content (AvgIpc) is 3.64. The number of aromatic nitrogens is 3. The molecular weight excluding hydrogens is 450 g/mol. The molecule has 0 unspecified atom stereocenters. The molecule has 3 rings (SSSR count). The number of methoxy groups -OCH3 is 3. The Labute approximate surface area is 207 Å². The number of carbonyl (C=O) groups is 3. The lowest BCUT2D eigenvalue weighted by atomic mass is 10.4. The predicted molar refractivity (Wildman–Crippen MR) is 133 cm³/mol. The molecule has 3 aromatic rings. The molecule has 3 heterocycles. The van der Waals surface area contributed by atoms with Crippen LogP contribution in [-0.4, -0.2) is 52.9 Å². The Morgan fingerprint density at radius 3 is 1.23 bits per heavy atom. The highest BCUT2D eigenvalue weighted by Crippen LogP contribution is 2.07. The third kappa shape index (κ3) is 12.3. The fraction of sp³-hybridized carbons (Fsp3) is 0.423. The second-order valence-corrected chi connectivity index (χ2v) is 7.59. The van der Waals surface area contributed by atoms with E-state index in [2.05, 4.69) is 18.8 Å². The van der Waals surface area contributed by atoms with E-state index in [9.17, 15) is 14.4 Å². The molecule has 0 aliphatic rings. The zero-order chi connectivity index (χ0) is 26.1. The van der Waals surface area contributed by atoms with Crippen molar-refractivity contribution in [3.05, 3.63) is 72.6 Å². The van der Waals surface area contributed by atoms with Crippen LogP contribution < -0.4 is 0 Å². The Hall–Kier alpha value is -3.75. The molecular formula is C26H37N3O6. The standard InChI is InChI=1S/C10H15NO2.2C8H11NO2/c1-8-4-5-9(2)11(8)7-6-10(12)13-3;2*1-11-8(10)4-7-9-5-2-3-6-9/h4-5H,6-7H2,1-3H3;2*2-3,5-6H,4,7H2,1H3. The molecule has 0 bridgehead atoms. The number of hydrogen-bond acceptors (Lipinski definition) is 6. The lowest BCUT2D eigenvalue weighted by molar-refractivity contribution is -0.141. The summed E-state index contributed by atoms with van der Waals surface area (Å²) in [4.78, 5) is 32.2. The smallest absolute Gasteiger partial charge is 0.307 e. The van der Waals surface area contributed by atoms with Gasteiger partial charge in [-0.25, -0.2) is 0 Å². The largest absolute Gasteiger partial charge is 0.469 e. The number of ether oxygens (including phenoxy) is 3. The van der Waals surface area contributed by atoms with Crippen LogP contribution >= 0.6 is 0 Å². The van der Waals surface area contributed by atoms with E-state index in [1.807, 2.05) is 84.2 Å². The number of carbonyl (C=O) groups excluding carboxylic acids is 3. The molecule has 9 heteroatoms. The van der Waals surface area contributed by atoms with E-state index in [0.29, 0.717) is 38.9 Å². The van der Waals surface area contributed by atoms with E-state index in [1.165, 1.54) is 32.7 Å². The molecule has 192 valence electrons. The van der Waals surface area contributed by atoms with E-state index < -0.39 is 0 Å². The Morgan fingerprint density at radius 1 is 0.600 bits per heavy atom. The molecule has 0 radical (unpaired) electrons. The number of hydrogen-bond donors (Lipinski definition) is 0. The minimum atomic E-state index is -0.168. The summed E-state index contributed by atoms with van der Waals surface area (Å²) in [5, 5.41) is 0. The summed E-state index contributed by atoms with van der Waals surface area (Å²) in [6.07, 6.45) is 8.99. The van der Waals surface area contributed by atoms with Gasteiger partial charge < -0.3 is 27.9 Å². The van der Waals surface area contributed by atoms with Crippen LogP contribution in [0.4, 0.5) is 0 Å². The third-order valence-electron chi connectivity index (χ3n) is 5.12. The molecule has 0 spiro atoms. The summed E-state index contributed by atoms with van der Waals surface area (Å²) in [5.74, 6) is -0.495. The monoisotopic (exact) mass is 487 g/mol. The molecule has 0 amide bonds. The highest BCUT2D eigenvalue weighted by Gasteiger charge is 2.04. The quantitative estimate of drug-likeness (QED) is 0.337. The van der Waals surface area contributed by atoms with Crippen molar-refractivity contribution in [1.29, 1.82) is 0 Å². The first kappa shape index (κ1) is 29.3. The molecule has 0 aliphatic carbocycles. The summed E-state index contributed by atoms with van der Waals surface area (Å²) in [5.41, 5.74) is 2.36.